The van der Waals surface area contributed by atoms with Crippen LogP contribution in [0.5, 0.6) is 0 Å². The van der Waals surface area contributed by atoms with E-state index >= 15 is 0 Å². The summed E-state index contributed by atoms with van der Waals surface area (Å²) in [6.07, 6.45) is 1.79. The van der Waals surface area contributed by atoms with Gasteiger partial charge in [0.25, 0.3) is 5.91 Å². The van der Waals surface area contributed by atoms with E-state index in [0.29, 0.717) is 5.56 Å². The molecule has 1 aromatic rings. The molecule has 1 aliphatic carbocycles. The van der Waals surface area contributed by atoms with Gasteiger partial charge in [-0.05, 0) is 50.3 Å². The SMILES string of the molecule is Cc1ccc(C(=O)OCC(=O)N[C@](C)(C#N)C2CC2)cc1F. The summed E-state index contributed by atoms with van der Waals surface area (Å²) in [4.78, 5) is 23.6. The number of nitrogens with zero attached hydrogens (tertiary/aromatic N) is 1. The number of rotatable bonds is 5. The number of nitriles is 1. The fourth-order valence-electron chi connectivity index (χ4n) is 2.14. The molecule has 1 amide bonds. The molecule has 0 spiro atoms. The van der Waals surface area contributed by atoms with Crippen LogP contribution in [0.25, 0.3) is 0 Å². The van der Waals surface area contributed by atoms with Gasteiger partial charge in [0.05, 0.1) is 11.6 Å². The van der Waals surface area contributed by atoms with E-state index in [4.69, 9.17) is 10.00 Å². The van der Waals surface area contributed by atoms with E-state index in [1.54, 1.807) is 13.8 Å². The molecule has 0 bridgehead atoms. The molecule has 1 aromatic carbocycles. The van der Waals surface area contributed by atoms with E-state index in [-0.39, 0.29) is 11.5 Å². The van der Waals surface area contributed by atoms with Crippen molar-refractivity contribution in [2.24, 2.45) is 5.92 Å². The molecule has 0 unspecified atom stereocenters. The lowest BCUT2D eigenvalue weighted by Gasteiger charge is -2.22. The third-order valence-corrected chi connectivity index (χ3v) is 3.77. The number of hydrogen-bond donors (Lipinski definition) is 1. The van der Waals surface area contributed by atoms with E-state index < -0.39 is 29.8 Å². The van der Waals surface area contributed by atoms with E-state index in [1.807, 2.05) is 0 Å². The Balaban J connectivity index is 1.89. The van der Waals surface area contributed by atoms with Gasteiger partial charge in [0.2, 0.25) is 0 Å². The van der Waals surface area contributed by atoms with E-state index in [9.17, 15) is 14.0 Å². The van der Waals surface area contributed by atoms with Crippen molar-refractivity contribution in [3.05, 3.63) is 35.1 Å². The van der Waals surface area contributed by atoms with Gasteiger partial charge < -0.3 is 10.1 Å². The van der Waals surface area contributed by atoms with Crippen molar-refractivity contribution in [2.45, 2.75) is 32.2 Å². The molecule has 1 saturated carbocycles. The first-order chi connectivity index (χ1) is 10.4. The summed E-state index contributed by atoms with van der Waals surface area (Å²) >= 11 is 0. The lowest BCUT2D eigenvalue weighted by molar-refractivity contribution is -0.125. The van der Waals surface area contributed by atoms with Gasteiger partial charge in [-0.1, -0.05) is 6.07 Å². The maximum atomic E-state index is 13.4. The molecule has 5 nitrogen and oxygen atoms in total. The third-order valence-electron chi connectivity index (χ3n) is 3.77. The predicted molar refractivity (Wildman–Crippen MR) is 76.3 cm³/mol. The standard InChI is InChI=1S/C16H17FN2O3/c1-10-3-4-11(7-13(10)17)15(21)22-8-14(20)19-16(2,9-18)12-5-6-12/h3-4,7,12H,5-6,8H2,1-2H3,(H,19,20)/t16-/m1/s1. The molecule has 1 aliphatic rings. The average Bonchev–Trinajstić information content (AvgIpc) is 3.32. The Bertz CT molecular complexity index is 649. The minimum absolute atomic E-state index is 0.0427. The predicted octanol–water partition coefficient (Wildman–Crippen LogP) is 2.10. The second-order valence-electron chi connectivity index (χ2n) is 5.68. The van der Waals surface area contributed by atoms with Crippen molar-refractivity contribution >= 4 is 11.9 Å². The largest absolute Gasteiger partial charge is 0.452 e. The van der Waals surface area contributed by atoms with Crippen LogP contribution in [0.1, 0.15) is 35.7 Å². The van der Waals surface area contributed by atoms with Gasteiger partial charge in [0.1, 0.15) is 11.4 Å². The Labute approximate surface area is 128 Å². The van der Waals surface area contributed by atoms with Gasteiger partial charge in [0, 0.05) is 0 Å². The molecule has 0 aliphatic heterocycles. The molecule has 116 valence electrons. The van der Waals surface area contributed by atoms with Gasteiger partial charge >= 0.3 is 5.97 Å². The molecular weight excluding hydrogens is 287 g/mol. The van der Waals surface area contributed by atoms with E-state index in [1.165, 1.54) is 12.1 Å². The van der Waals surface area contributed by atoms with Crippen molar-refractivity contribution < 1.29 is 18.7 Å². The van der Waals surface area contributed by atoms with Gasteiger partial charge in [-0.2, -0.15) is 5.26 Å². The van der Waals surface area contributed by atoms with Crippen LogP contribution in [-0.4, -0.2) is 24.0 Å². The number of carbonyl (C=O) groups excluding carboxylic acids is 2. The highest BCUT2D eigenvalue weighted by atomic mass is 19.1. The molecule has 1 N–H and O–H groups in total. The fourth-order valence-corrected chi connectivity index (χ4v) is 2.14. The minimum atomic E-state index is -0.931. The Kier molecular flexibility index (Phi) is 4.45. The van der Waals surface area contributed by atoms with E-state index in [2.05, 4.69) is 11.4 Å². The maximum absolute atomic E-state index is 13.4. The zero-order valence-corrected chi connectivity index (χ0v) is 12.5. The number of ether oxygens (including phenoxy) is 1. The fraction of sp³-hybridized carbons (Fsp3) is 0.438. The summed E-state index contributed by atoms with van der Waals surface area (Å²) in [6.45, 7) is 2.73. The number of amides is 1. The summed E-state index contributed by atoms with van der Waals surface area (Å²) in [5, 5.41) is 11.7. The van der Waals surface area contributed by atoms with E-state index in [0.717, 1.165) is 18.9 Å². The number of aryl methyl sites for hydroxylation is 1. The van der Waals surface area contributed by atoms with Crippen LogP contribution < -0.4 is 5.32 Å². The monoisotopic (exact) mass is 304 g/mol. The number of benzene rings is 1. The Morgan fingerprint density at radius 1 is 1.50 bits per heavy atom. The van der Waals surface area contributed by atoms with Crippen LogP contribution in [0.2, 0.25) is 0 Å². The number of carbonyl (C=O) groups is 2. The summed E-state index contributed by atoms with van der Waals surface area (Å²) in [5.41, 5.74) is -0.468. The smallest absolute Gasteiger partial charge is 0.338 e. The van der Waals surface area contributed by atoms with Crippen molar-refractivity contribution in [3.63, 3.8) is 0 Å². The van der Waals surface area contributed by atoms with Gasteiger partial charge in [-0.15, -0.1) is 0 Å². The summed E-state index contributed by atoms with van der Waals surface area (Å²) < 4.78 is 18.2. The number of halogens is 1. The second-order valence-corrected chi connectivity index (χ2v) is 5.68. The van der Waals surface area contributed by atoms with Crippen LogP contribution in [0.4, 0.5) is 4.39 Å². The van der Waals surface area contributed by atoms with Gasteiger partial charge in [-0.3, -0.25) is 4.79 Å². The van der Waals surface area contributed by atoms with Gasteiger partial charge in [0.15, 0.2) is 6.61 Å². The van der Waals surface area contributed by atoms with Crippen molar-refractivity contribution in [2.75, 3.05) is 6.61 Å². The van der Waals surface area contributed by atoms with Crippen LogP contribution in [-0.2, 0) is 9.53 Å². The highest BCUT2D eigenvalue weighted by Crippen LogP contribution is 2.39. The molecule has 1 fully saturated rings. The normalized spacial score (nSPS) is 16.3. The van der Waals surface area contributed by atoms with Gasteiger partial charge in [-0.25, -0.2) is 9.18 Å². The van der Waals surface area contributed by atoms with Crippen LogP contribution in [0.15, 0.2) is 18.2 Å². The zero-order valence-electron chi connectivity index (χ0n) is 12.5. The van der Waals surface area contributed by atoms with Crippen molar-refractivity contribution in [3.8, 4) is 6.07 Å². The van der Waals surface area contributed by atoms with Crippen molar-refractivity contribution in [1.29, 1.82) is 5.26 Å². The molecular formula is C16H17FN2O3. The number of nitrogens with one attached hydrogen (secondary N) is 1. The van der Waals surface area contributed by atoms with Crippen LogP contribution >= 0.6 is 0 Å². The number of esters is 1. The van der Waals surface area contributed by atoms with Crippen LogP contribution in [0.3, 0.4) is 0 Å². The molecule has 1 atom stereocenters. The summed E-state index contributed by atoms with van der Waals surface area (Å²) in [5.74, 6) is -1.69. The van der Waals surface area contributed by atoms with Crippen LogP contribution in [0, 0.1) is 30.0 Å². The Morgan fingerprint density at radius 2 is 2.18 bits per heavy atom. The lowest BCUT2D eigenvalue weighted by atomic mass is 9.98. The number of hydrogen-bond acceptors (Lipinski definition) is 4. The molecule has 0 heterocycles. The average molecular weight is 304 g/mol. The highest BCUT2D eigenvalue weighted by Gasteiger charge is 2.43. The Morgan fingerprint density at radius 3 is 2.73 bits per heavy atom. The highest BCUT2D eigenvalue weighted by molar-refractivity contribution is 5.91. The third kappa shape index (κ3) is 3.61. The molecule has 6 heteroatoms. The molecule has 2 rings (SSSR count). The minimum Gasteiger partial charge on any atom is -0.452 e. The maximum Gasteiger partial charge on any atom is 0.338 e. The molecule has 22 heavy (non-hydrogen) atoms. The summed E-state index contributed by atoms with van der Waals surface area (Å²) in [7, 11) is 0. The lowest BCUT2D eigenvalue weighted by Crippen LogP contribution is -2.48. The second kappa shape index (κ2) is 6.14. The molecule has 0 saturated heterocycles. The quantitative estimate of drug-likeness (QED) is 0.845. The first-order valence-electron chi connectivity index (χ1n) is 7.01. The topological polar surface area (TPSA) is 79.2 Å². The van der Waals surface area contributed by atoms with Crippen molar-refractivity contribution in [1.82, 2.24) is 5.32 Å². The first kappa shape index (κ1) is 16.0. The zero-order chi connectivity index (χ0) is 16.3. The Hall–Kier alpha value is -2.42. The molecule has 0 radical (unpaired) electrons. The summed E-state index contributed by atoms with van der Waals surface area (Å²) in [6, 6.07) is 6.05. The molecule has 0 aromatic heterocycles. The first-order valence-corrected chi connectivity index (χ1v) is 7.01.